The zero-order valence-electron chi connectivity index (χ0n) is 9.13. The standard InChI is InChI=1S/C11H9FN4O2/c12-7-5-6(13)1-2-9(7)18-11-15-4-3-8(16-11)10(14)17/h1-5H,13H2,(H2,14,17). The van der Waals surface area contributed by atoms with Crippen molar-refractivity contribution in [3.8, 4) is 11.8 Å². The van der Waals surface area contributed by atoms with Gasteiger partial charge in [0.2, 0.25) is 0 Å². The van der Waals surface area contributed by atoms with Crippen LogP contribution >= 0.6 is 0 Å². The molecule has 0 fully saturated rings. The number of ether oxygens (including phenoxy) is 1. The fraction of sp³-hybridized carbons (Fsp3) is 0. The normalized spacial score (nSPS) is 10.1. The monoisotopic (exact) mass is 248 g/mol. The van der Waals surface area contributed by atoms with Gasteiger partial charge in [-0.15, -0.1) is 0 Å². The Morgan fingerprint density at radius 2 is 2.11 bits per heavy atom. The zero-order valence-corrected chi connectivity index (χ0v) is 9.13. The minimum absolute atomic E-state index is 0.0177. The number of nitrogens with two attached hydrogens (primary N) is 2. The van der Waals surface area contributed by atoms with Crippen molar-refractivity contribution in [1.29, 1.82) is 0 Å². The van der Waals surface area contributed by atoms with E-state index in [1.807, 2.05) is 0 Å². The van der Waals surface area contributed by atoms with E-state index in [0.29, 0.717) is 0 Å². The van der Waals surface area contributed by atoms with Crippen molar-refractivity contribution in [3.63, 3.8) is 0 Å². The summed E-state index contributed by atoms with van der Waals surface area (Å²) in [4.78, 5) is 18.4. The van der Waals surface area contributed by atoms with Crippen LogP contribution in [0.3, 0.4) is 0 Å². The predicted octanol–water partition coefficient (Wildman–Crippen LogP) is 1.09. The molecular weight excluding hydrogens is 239 g/mol. The number of carbonyl (C=O) groups is 1. The molecule has 0 saturated heterocycles. The number of nitrogen functional groups attached to an aromatic ring is 1. The molecule has 1 aromatic heterocycles. The molecule has 7 heteroatoms. The third-order valence-electron chi connectivity index (χ3n) is 2.04. The van der Waals surface area contributed by atoms with Crippen LogP contribution in [0.1, 0.15) is 10.5 Å². The maximum absolute atomic E-state index is 13.4. The molecule has 0 aliphatic rings. The van der Waals surface area contributed by atoms with Crippen LogP contribution in [0.5, 0.6) is 11.8 Å². The maximum atomic E-state index is 13.4. The number of amides is 1. The van der Waals surface area contributed by atoms with Crippen molar-refractivity contribution in [1.82, 2.24) is 9.97 Å². The average Bonchev–Trinajstić information content (AvgIpc) is 2.33. The molecule has 0 unspecified atom stereocenters. The summed E-state index contributed by atoms with van der Waals surface area (Å²) in [5, 5.41) is 0. The highest BCUT2D eigenvalue weighted by atomic mass is 19.1. The average molecular weight is 248 g/mol. The molecule has 18 heavy (non-hydrogen) atoms. The number of primary amides is 1. The van der Waals surface area contributed by atoms with E-state index in [1.54, 1.807) is 0 Å². The third kappa shape index (κ3) is 2.51. The van der Waals surface area contributed by atoms with Gasteiger partial charge in [-0.2, -0.15) is 4.98 Å². The minimum Gasteiger partial charge on any atom is -0.421 e. The Morgan fingerprint density at radius 1 is 1.33 bits per heavy atom. The summed E-state index contributed by atoms with van der Waals surface area (Å²) in [6.45, 7) is 0. The second-order valence-electron chi connectivity index (χ2n) is 3.38. The second-order valence-corrected chi connectivity index (χ2v) is 3.38. The first-order valence-corrected chi connectivity index (χ1v) is 4.92. The van der Waals surface area contributed by atoms with Crippen molar-refractivity contribution >= 4 is 11.6 Å². The molecule has 1 heterocycles. The molecule has 6 nitrogen and oxygen atoms in total. The summed E-state index contributed by atoms with van der Waals surface area (Å²) >= 11 is 0. The van der Waals surface area contributed by atoms with Gasteiger partial charge in [-0.25, -0.2) is 9.37 Å². The Balaban J connectivity index is 2.28. The number of hydrogen-bond donors (Lipinski definition) is 2. The van der Waals surface area contributed by atoms with E-state index in [-0.39, 0.29) is 23.1 Å². The van der Waals surface area contributed by atoms with Crippen molar-refractivity contribution < 1.29 is 13.9 Å². The van der Waals surface area contributed by atoms with E-state index in [9.17, 15) is 9.18 Å². The Labute approximate surface area is 101 Å². The Morgan fingerprint density at radius 3 is 2.78 bits per heavy atom. The van der Waals surface area contributed by atoms with E-state index in [4.69, 9.17) is 16.2 Å². The molecule has 1 amide bonds. The quantitative estimate of drug-likeness (QED) is 0.791. The van der Waals surface area contributed by atoms with Crippen molar-refractivity contribution in [2.45, 2.75) is 0 Å². The van der Waals surface area contributed by atoms with E-state index < -0.39 is 11.7 Å². The van der Waals surface area contributed by atoms with Crippen LogP contribution in [0.15, 0.2) is 30.5 Å². The molecule has 1 aromatic carbocycles. The Bertz CT molecular complexity index is 603. The molecule has 2 aromatic rings. The lowest BCUT2D eigenvalue weighted by Crippen LogP contribution is -2.13. The lowest BCUT2D eigenvalue weighted by atomic mass is 10.3. The van der Waals surface area contributed by atoms with Gasteiger partial charge < -0.3 is 16.2 Å². The number of hydrogen-bond acceptors (Lipinski definition) is 5. The molecule has 0 aliphatic heterocycles. The first-order valence-electron chi connectivity index (χ1n) is 4.92. The van der Waals surface area contributed by atoms with Gasteiger partial charge in [0.15, 0.2) is 11.6 Å². The number of anilines is 1. The fourth-order valence-electron chi connectivity index (χ4n) is 1.23. The van der Waals surface area contributed by atoms with Gasteiger partial charge in [0.25, 0.3) is 5.91 Å². The second kappa shape index (κ2) is 4.66. The van der Waals surface area contributed by atoms with Gasteiger partial charge in [-0.05, 0) is 18.2 Å². The molecule has 0 bridgehead atoms. The highest BCUT2D eigenvalue weighted by Gasteiger charge is 2.09. The van der Waals surface area contributed by atoms with Crippen molar-refractivity contribution in [2.75, 3.05) is 5.73 Å². The molecule has 0 atom stereocenters. The largest absolute Gasteiger partial charge is 0.421 e. The van der Waals surface area contributed by atoms with Crippen LogP contribution in [-0.2, 0) is 0 Å². The van der Waals surface area contributed by atoms with Gasteiger partial charge >= 0.3 is 6.01 Å². The molecule has 0 spiro atoms. The number of aromatic nitrogens is 2. The van der Waals surface area contributed by atoms with Gasteiger partial charge in [0.05, 0.1) is 0 Å². The highest BCUT2D eigenvalue weighted by molar-refractivity contribution is 5.90. The Kier molecular flexibility index (Phi) is 3.05. The lowest BCUT2D eigenvalue weighted by Gasteiger charge is -2.05. The fourth-order valence-corrected chi connectivity index (χ4v) is 1.23. The van der Waals surface area contributed by atoms with E-state index >= 15 is 0 Å². The first-order chi connectivity index (χ1) is 8.56. The van der Waals surface area contributed by atoms with Crippen LogP contribution in [-0.4, -0.2) is 15.9 Å². The van der Waals surface area contributed by atoms with E-state index in [2.05, 4.69) is 9.97 Å². The number of nitrogens with zero attached hydrogens (tertiary/aromatic N) is 2. The number of carbonyl (C=O) groups excluding carboxylic acids is 1. The van der Waals surface area contributed by atoms with E-state index in [0.717, 1.165) is 6.07 Å². The third-order valence-corrected chi connectivity index (χ3v) is 2.04. The van der Waals surface area contributed by atoms with Crippen molar-refractivity contribution in [3.05, 3.63) is 42.0 Å². The summed E-state index contributed by atoms with van der Waals surface area (Å²) in [5.41, 5.74) is 10.7. The van der Waals surface area contributed by atoms with Crippen LogP contribution in [0.25, 0.3) is 0 Å². The van der Waals surface area contributed by atoms with Gasteiger partial charge in [0, 0.05) is 18.0 Å². The number of halogens is 1. The maximum Gasteiger partial charge on any atom is 0.322 e. The van der Waals surface area contributed by atoms with Crippen LogP contribution in [0.4, 0.5) is 10.1 Å². The van der Waals surface area contributed by atoms with Crippen LogP contribution < -0.4 is 16.2 Å². The zero-order chi connectivity index (χ0) is 13.1. The van der Waals surface area contributed by atoms with Gasteiger partial charge in [-0.3, -0.25) is 4.79 Å². The molecular formula is C11H9FN4O2. The number of benzene rings is 1. The summed E-state index contributed by atoms with van der Waals surface area (Å²) in [6.07, 6.45) is 1.29. The SMILES string of the molecule is NC(=O)c1ccnc(Oc2ccc(N)cc2F)n1. The summed E-state index contributed by atoms with van der Waals surface area (Å²) in [5.74, 6) is -1.46. The molecule has 0 radical (unpaired) electrons. The van der Waals surface area contributed by atoms with Gasteiger partial charge in [0.1, 0.15) is 5.69 Å². The lowest BCUT2D eigenvalue weighted by molar-refractivity contribution is 0.0994. The first kappa shape index (κ1) is 11.8. The predicted molar refractivity (Wildman–Crippen MR) is 61.4 cm³/mol. The van der Waals surface area contributed by atoms with Crippen molar-refractivity contribution in [2.24, 2.45) is 5.73 Å². The van der Waals surface area contributed by atoms with Crippen LogP contribution in [0, 0.1) is 5.82 Å². The summed E-state index contributed by atoms with van der Waals surface area (Å²) in [6, 6.07) is 5.07. The number of rotatable bonds is 3. The summed E-state index contributed by atoms with van der Waals surface area (Å²) < 4.78 is 18.5. The molecule has 92 valence electrons. The Hall–Kier alpha value is -2.70. The highest BCUT2D eigenvalue weighted by Crippen LogP contribution is 2.23. The molecule has 0 aliphatic carbocycles. The van der Waals surface area contributed by atoms with Gasteiger partial charge in [-0.1, -0.05) is 0 Å². The van der Waals surface area contributed by atoms with Crippen LogP contribution in [0.2, 0.25) is 0 Å². The minimum atomic E-state index is -0.722. The van der Waals surface area contributed by atoms with E-state index in [1.165, 1.54) is 24.4 Å². The smallest absolute Gasteiger partial charge is 0.322 e. The molecule has 2 rings (SSSR count). The topological polar surface area (TPSA) is 104 Å². The molecule has 4 N–H and O–H groups in total. The molecule has 0 saturated carbocycles. The summed E-state index contributed by atoms with van der Waals surface area (Å²) in [7, 11) is 0.